The lowest BCUT2D eigenvalue weighted by Gasteiger charge is -2.09. The van der Waals surface area contributed by atoms with E-state index in [1.807, 2.05) is 6.07 Å². The quantitative estimate of drug-likeness (QED) is 0.588. The Morgan fingerprint density at radius 2 is 2.28 bits per heavy atom. The number of ketones is 1. The van der Waals surface area contributed by atoms with Gasteiger partial charge in [0, 0.05) is 12.5 Å². The molecular formula is C13H21N3OS. The minimum atomic E-state index is 0.235. The number of nitrogens with zero attached hydrogens (tertiary/aromatic N) is 1. The van der Waals surface area contributed by atoms with Crippen molar-refractivity contribution in [3.63, 3.8) is 0 Å². The molecule has 1 heterocycles. The first kappa shape index (κ1) is 13.4. The Bertz CT molecular complexity index is 424. The number of nitrogen functional groups attached to an aromatic ring is 1. The molecule has 0 bridgehead atoms. The van der Waals surface area contributed by atoms with Crippen LogP contribution in [0.25, 0.3) is 0 Å². The molecule has 0 radical (unpaired) electrons. The molecule has 0 aliphatic heterocycles. The zero-order chi connectivity index (χ0) is 13.1. The maximum atomic E-state index is 12.0. The van der Waals surface area contributed by atoms with Crippen molar-refractivity contribution in [2.75, 3.05) is 38.2 Å². The predicted octanol–water partition coefficient (Wildman–Crippen LogP) is 2.29. The van der Waals surface area contributed by atoms with Crippen LogP contribution in [0.3, 0.4) is 0 Å². The Balaban J connectivity index is 1.86. The zero-order valence-corrected chi connectivity index (χ0v) is 11.8. The topological polar surface area (TPSA) is 58.4 Å². The third-order valence-electron chi connectivity index (χ3n) is 3.01. The van der Waals surface area contributed by atoms with E-state index in [0.717, 1.165) is 42.2 Å². The predicted molar refractivity (Wildman–Crippen MR) is 77.4 cm³/mol. The van der Waals surface area contributed by atoms with Crippen LogP contribution in [-0.4, -0.2) is 37.9 Å². The van der Waals surface area contributed by atoms with Gasteiger partial charge in [-0.1, -0.05) is 0 Å². The van der Waals surface area contributed by atoms with E-state index in [1.165, 1.54) is 11.3 Å². The number of nitrogens with one attached hydrogen (secondary N) is 1. The van der Waals surface area contributed by atoms with Crippen LogP contribution >= 0.6 is 11.3 Å². The lowest BCUT2D eigenvalue weighted by Crippen LogP contribution is -2.16. The molecule has 1 aromatic heterocycles. The van der Waals surface area contributed by atoms with Crippen molar-refractivity contribution in [2.24, 2.45) is 5.92 Å². The van der Waals surface area contributed by atoms with E-state index in [2.05, 4.69) is 24.3 Å². The highest BCUT2D eigenvalue weighted by molar-refractivity contribution is 7.18. The normalized spacial score (nSPS) is 15.1. The summed E-state index contributed by atoms with van der Waals surface area (Å²) in [5.41, 5.74) is 6.53. The average Bonchev–Trinajstić information content (AvgIpc) is 3.08. The molecule has 18 heavy (non-hydrogen) atoms. The van der Waals surface area contributed by atoms with Crippen LogP contribution in [0.1, 0.15) is 28.9 Å². The van der Waals surface area contributed by atoms with Crippen molar-refractivity contribution in [3.05, 3.63) is 10.9 Å². The Labute approximate surface area is 112 Å². The van der Waals surface area contributed by atoms with Crippen LogP contribution in [0.15, 0.2) is 6.07 Å². The number of hydrogen-bond acceptors (Lipinski definition) is 5. The van der Waals surface area contributed by atoms with Gasteiger partial charge in [-0.05, 0) is 46.0 Å². The van der Waals surface area contributed by atoms with Crippen LogP contribution in [0.5, 0.6) is 0 Å². The van der Waals surface area contributed by atoms with E-state index in [4.69, 9.17) is 5.73 Å². The largest absolute Gasteiger partial charge is 0.397 e. The fourth-order valence-corrected chi connectivity index (χ4v) is 2.85. The highest BCUT2D eigenvalue weighted by Gasteiger charge is 2.32. The SMILES string of the molecule is CN(C)CCCNc1cc(N)c(C(=O)C2CC2)s1. The standard InChI is InChI=1S/C13H21N3OS/c1-16(2)7-3-6-15-11-8-10(14)13(18-11)12(17)9-4-5-9/h8-9,15H,3-7,14H2,1-2H3. The Morgan fingerprint density at radius 1 is 1.56 bits per heavy atom. The molecule has 100 valence electrons. The molecule has 2 rings (SSSR count). The molecule has 1 aliphatic carbocycles. The van der Waals surface area contributed by atoms with Crippen LogP contribution in [-0.2, 0) is 0 Å². The minimum Gasteiger partial charge on any atom is -0.397 e. The Morgan fingerprint density at radius 3 is 2.89 bits per heavy atom. The zero-order valence-electron chi connectivity index (χ0n) is 11.0. The van der Waals surface area contributed by atoms with Crippen molar-refractivity contribution >= 4 is 27.8 Å². The van der Waals surface area contributed by atoms with E-state index >= 15 is 0 Å². The summed E-state index contributed by atoms with van der Waals surface area (Å²) >= 11 is 1.50. The molecule has 4 nitrogen and oxygen atoms in total. The first-order valence-corrected chi connectivity index (χ1v) is 7.21. The number of thiophene rings is 1. The van der Waals surface area contributed by atoms with Crippen LogP contribution in [0, 0.1) is 5.92 Å². The Kier molecular flexibility index (Phi) is 4.24. The summed E-state index contributed by atoms with van der Waals surface area (Å²) in [4.78, 5) is 14.9. The summed E-state index contributed by atoms with van der Waals surface area (Å²) in [6, 6.07) is 1.88. The van der Waals surface area contributed by atoms with Crippen molar-refractivity contribution in [2.45, 2.75) is 19.3 Å². The molecule has 5 heteroatoms. The Hall–Kier alpha value is -1.07. The number of rotatable bonds is 7. The van der Waals surface area contributed by atoms with E-state index in [0.29, 0.717) is 5.69 Å². The van der Waals surface area contributed by atoms with Gasteiger partial charge < -0.3 is 16.0 Å². The molecule has 0 aromatic carbocycles. The number of carbonyl (C=O) groups is 1. The van der Waals surface area contributed by atoms with Crippen LogP contribution in [0.2, 0.25) is 0 Å². The number of carbonyl (C=O) groups excluding carboxylic acids is 1. The van der Waals surface area contributed by atoms with Crippen molar-refractivity contribution in [3.8, 4) is 0 Å². The monoisotopic (exact) mass is 267 g/mol. The lowest BCUT2D eigenvalue weighted by atomic mass is 10.2. The minimum absolute atomic E-state index is 0.235. The van der Waals surface area contributed by atoms with Gasteiger partial charge in [0.1, 0.15) is 0 Å². The van der Waals surface area contributed by atoms with Crippen molar-refractivity contribution in [1.82, 2.24) is 4.90 Å². The van der Waals surface area contributed by atoms with Gasteiger partial charge in [0.15, 0.2) is 5.78 Å². The summed E-state index contributed by atoms with van der Waals surface area (Å²) in [6.07, 6.45) is 3.14. The summed E-state index contributed by atoms with van der Waals surface area (Å²) in [6.45, 7) is 1.97. The molecule has 0 unspecified atom stereocenters. The summed E-state index contributed by atoms with van der Waals surface area (Å²) in [7, 11) is 4.13. The molecule has 0 saturated heterocycles. The van der Waals surface area contributed by atoms with Crippen LogP contribution < -0.4 is 11.1 Å². The molecule has 0 spiro atoms. The average molecular weight is 267 g/mol. The van der Waals surface area contributed by atoms with Crippen LogP contribution in [0.4, 0.5) is 10.7 Å². The number of nitrogens with two attached hydrogens (primary N) is 1. The van der Waals surface area contributed by atoms with Gasteiger partial charge in [-0.3, -0.25) is 4.79 Å². The highest BCUT2D eigenvalue weighted by Crippen LogP contribution is 2.38. The van der Waals surface area contributed by atoms with Gasteiger partial charge in [-0.15, -0.1) is 11.3 Å². The summed E-state index contributed by atoms with van der Waals surface area (Å²) < 4.78 is 0. The molecule has 0 amide bonds. The molecule has 1 fully saturated rings. The summed E-state index contributed by atoms with van der Waals surface area (Å²) in [5.74, 6) is 0.478. The first-order chi connectivity index (χ1) is 8.58. The lowest BCUT2D eigenvalue weighted by molar-refractivity contribution is 0.0972. The number of anilines is 2. The molecular weight excluding hydrogens is 246 g/mol. The third-order valence-corrected chi connectivity index (χ3v) is 4.14. The molecule has 3 N–H and O–H groups in total. The maximum Gasteiger partial charge on any atom is 0.178 e. The fraction of sp³-hybridized carbons (Fsp3) is 0.615. The van der Waals surface area contributed by atoms with Crippen molar-refractivity contribution in [1.29, 1.82) is 0 Å². The molecule has 1 aromatic rings. The number of hydrogen-bond donors (Lipinski definition) is 2. The van der Waals surface area contributed by atoms with Gasteiger partial charge in [0.25, 0.3) is 0 Å². The van der Waals surface area contributed by atoms with E-state index in [-0.39, 0.29) is 11.7 Å². The molecule has 1 saturated carbocycles. The van der Waals surface area contributed by atoms with Gasteiger partial charge in [0.05, 0.1) is 15.6 Å². The fourth-order valence-electron chi connectivity index (χ4n) is 1.82. The van der Waals surface area contributed by atoms with Gasteiger partial charge in [-0.2, -0.15) is 0 Å². The van der Waals surface area contributed by atoms with Crippen molar-refractivity contribution < 1.29 is 4.79 Å². The van der Waals surface area contributed by atoms with Gasteiger partial charge >= 0.3 is 0 Å². The van der Waals surface area contributed by atoms with Gasteiger partial charge in [0.2, 0.25) is 0 Å². The maximum absolute atomic E-state index is 12.0. The second-order valence-electron chi connectivity index (χ2n) is 5.12. The van der Waals surface area contributed by atoms with E-state index in [9.17, 15) is 4.79 Å². The third kappa shape index (κ3) is 3.46. The first-order valence-electron chi connectivity index (χ1n) is 6.40. The second kappa shape index (κ2) is 5.71. The van der Waals surface area contributed by atoms with Gasteiger partial charge in [-0.25, -0.2) is 0 Å². The summed E-state index contributed by atoms with van der Waals surface area (Å²) in [5, 5.41) is 4.34. The second-order valence-corrected chi connectivity index (χ2v) is 6.17. The molecule has 1 aliphatic rings. The molecule has 0 atom stereocenters. The highest BCUT2D eigenvalue weighted by atomic mass is 32.1. The van der Waals surface area contributed by atoms with E-state index < -0.39 is 0 Å². The smallest absolute Gasteiger partial charge is 0.178 e. The number of Topliss-reactive ketones (excluding diaryl/α,β-unsaturated/α-hetero) is 1. The van der Waals surface area contributed by atoms with E-state index in [1.54, 1.807) is 0 Å².